The molecule has 1 atom stereocenters. The third-order valence-corrected chi connectivity index (χ3v) is 5.78. The molecule has 0 radical (unpaired) electrons. The summed E-state index contributed by atoms with van der Waals surface area (Å²) in [6.45, 7) is 5.23. The monoisotopic (exact) mass is 492 g/mol. The molecule has 36 heavy (non-hydrogen) atoms. The number of aryl methyl sites for hydroxylation is 2. The summed E-state index contributed by atoms with van der Waals surface area (Å²) in [6, 6.07) is 7.61. The van der Waals surface area contributed by atoms with Gasteiger partial charge in [0.05, 0.1) is 13.2 Å². The molecule has 1 aromatic carbocycles. The number of amides is 1. The number of anilines is 1. The predicted octanol–water partition coefficient (Wildman–Crippen LogP) is 3.48. The molecule has 1 amide bonds. The van der Waals surface area contributed by atoms with E-state index in [0.29, 0.717) is 5.76 Å². The van der Waals surface area contributed by atoms with Crippen LogP contribution in [0.3, 0.4) is 0 Å². The summed E-state index contributed by atoms with van der Waals surface area (Å²) < 4.78 is 26.6. The van der Waals surface area contributed by atoms with Gasteiger partial charge in [0, 0.05) is 5.92 Å². The van der Waals surface area contributed by atoms with Gasteiger partial charge < -0.3 is 27.9 Å². The van der Waals surface area contributed by atoms with Gasteiger partial charge in [-0.15, -0.1) is 0 Å². The lowest BCUT2D eigenvalue weighted by Gasteiger charge is -2.33. The van der Waals surface area contributed by atoms with Crippen LogP contribution in [0.5, 0.6) is 0 Å². The van der Waals surface area contributed by atoms with Crippen LogP contribution in [0.25, 0.3) is 11.4 Å². The molecule has 184 valence electrons. The number of carbonyl (C=O) groups is 2. The van der Waals surface area contributed by atoms with Gasteiger partial charge >= 0.3 is 12.1 Å². The number of aliphatic carboxylic acids is 1. The second kappa shape index (κ2) is 8.86. The highest BCUT2D eigenvalue weighted by Crippen LogP contribution is 2.34. The maximum atomic E-state index is 12.5. The number of fused-ring (bicyclic) bond motifs is 1. The van der Waals surface area contributed by atoms with E-state index in [4.69, 9.17) is 22.8 Å². The van der Waals surface area contributed by atoms with Crippen LogP contribution >= 0.6 is 0 Å². The van der Waals surface area contributed by atoms with Crippen molar-refractivity contribution in [3.8, 4) is 11.8 Å². The summed E-state index contributed by atoms with van der Waals surface area (Å²) in [5.41, 5.74) is 0.929. The number of benzene rings is 1. The van der Waals surface area contributed by atoms with Crippen LogP contribution in [-0.4, -0.2) is 45.5 Å². The Balaban J connectivity index is 1.31. The predicted molar refractivity (Wildman–Crippen MR) is 121 cm³/mol. The molecule has 1 aliphatic heterocycles. The lowest BCUT2D eigenvalue weighted by Crippen LogP contribution is -2.53. The van der Waals surface area contributed by atoms with Gasteiger partial charge in [0.25, 0.3) is 17.3 Å². The minimum Gasteiger partial charge on any atom is -0.480 e. The summed E-state index contributed by atoms with van der Waals surface area (Å²) in [4.78, 5) is 32.3. The van der Waals surface area contributed by atoms with Crippen molar-refractivity contribution in [1.82, 2.24) is 15.1 Å². The second-order valence-corrected chi connectivity index (χ2v) is 8.27. The van der Waals surface area contributed by atoms with E-state index < -0.39 is 23.6 Å². The maximum absolute atomic E-state index is 12.5. The van der Waals surface area contributed by atoms with E-state index in [1.807, 2.05) is 31.2 Å². The summed E-state index contributed by atoms with van der Waals surface area (Å²) in [5, 5.41) is 15.9. The zero-order valence-corrected chi connectivity index (χ0v) is 19.4. The van der Waals surface area contributed by atoms with Gasteiger partial charge in [0.1, 0.15) is 11.8 Å². The van der Waals surface area contributed by atoms with Crippen molar-refractivity contribution in [2.24, 2.45) is 0 Å². The Kier molecular flexibility index (Phi) is 5.69. The molecule has 3 aromatic heterocycles. The largest absolute Gasteiger partial charge is 0.480 e. The third kappa shape index (κ3) is 4.05. The van der Waals surface area contributed by atoms with Crippen molar-refractivity contribution in [3.63, 3.8) is 0 Å². The maximum Gasteiger partial charge on any atom is 0.412 e. The van der Waals surface area contributed by atoms with Crippen molar-refractivity contribution in [2.45, 2.75) is 32.3 Å². The first kappa shape index (κ1) is 23.1. The van der Waals surface area contributed by atoms with Gasteiger partial charge in [-0.05, 0) is 37.8 Å². The lowest BCUT2D eigenvalue weighted by atomic mass is 9.86. The van der Waals surface area contributed by atoms with E-state index in [1.165, 1.54) is 0 Å². The highest BCUT2D eigenvalue weighted by molar-refractivity contribution is 5.87. The topological polar surface area (TPSA) is 163 Å². The molecule has 0 saturated carbocycles. The molecule has 4 heterocycles. The first-order valence-corrected chi connectivity index (χ1v) is 10.9. The van der Waals surface area contributed by atoms with Gasteiger partial charge in [-0.1, -0.05) is 29.4 Å². The quantitative estimate of drug-likeness (QED) is 0.392. The first-order valence-electron chi connectivity index (χ1n) is 10.9. The Morgan fingerprint density at radius 3 is 2.56 bits per heavy atom. The standard InChI is InChI=1S/C24H20N4O8/c1-12-6-4-5-7-15(12)13(2)33-23(31)26-18-14(3)36-28-16(18)8-9-17-25-19-20(34-17)27-21(35-19)24(22(29)30)10-32-11-24/h4-7,13H,10-11H2,1-3H3,(H,26,31)(H,29,30). The van der Waals surface area contributed by atoms with Crippen LogP contribution < -0.4 is 5.32 Å². The minimum absolute atomic E-state index is 0.00489. The fourth-order valence-corrected chi connectivity index (χ4v) is 3.66. The van der Waals surface area contributed by atoms with Crippen LogP contribution in [0.1, 0.15) is 47.4 Å². The molecule has 2 N–H and O–H groups in total. The van der Waals surface area contributed by atoms with Crippen molar-refractivity contribution in [2.75, 3.05) is 18.5 Å². The summed E-state index contributed by atoms with van der Waals surface area (Å²) in [6.07, 6.45) is -1.18. The van der Waals surface area contributed by atoms with Crippen molar-refractivity contribution >= 4 is 29.2 Å². The summed E-state index contributed by atoms with van der Waals surface area (Å²) in [7, 11) is 0. The van der Waals surface area contributed by atoms with E-state index in [2.05, 4.69) is 32.3 Å². The number of carboxylic acids is 1. The minimum atomic E-state index is -1.35. The molecule has 1 aliphatic rings. The molecule has 1 saturated heterocycles. The van der Waals surface area contributed by atoms with Crippen LogP contribution in [-0.2, 0) is 19.7 Å². The number of hydrogen-bond donors (Lipinski definition) is 2. The van der Waals surface area contributed by atoms with E-state index in [9.17, 15) is 14.7 Å². The van der Waals surface area contributed by atoms with E-state index in [0.717, 1.165) is 11.1 Å². The first-order chi connectivity index (χ1) is 17.3. The highest BCUT2D eigenvalue weighted by Gasteiger charge is 2.52. The second-order valence-electron chi connectivity index (χ2n) is 8.27. The molecule has 12 nitrogen and oxygen atoms in total. The van der Waals surface area contributed by atoms with Gasteiger partial charge in [-0.3, -0.25) is 10.1 Å². The SMILES string of the molecule is Cc1ccccc1C(C)OC(=O)Nc1c(C#Cc2nc3oc(C4(C(=O)O)COC4)nc3o2)noc1C. The van der Waals surface area contributed by atoms with Crippen LogP contribution in [0.4, 0.5) is 10.5 Å². The number of nitrogens with one attached hydrogen (secondary N) is 1. The van der Waals surface area contributed by atoms with Crippen LogP contribution in [0.15, 0.2) is 37.6 Å². The van der Waals surface area contributed by atoms with E-state index in [-0.39, 0.29) is 47.8 Å². The van der Waals surface area contributed by atoms with Crippen LogP contribution in [0.2, 0.25) is 0 Å². The Morgan fingerprint density at radius 2 is 1.89 bits per heavy atom. The number of carboxylic acid groups (broad SMARTS) is 1. The molecule has 12 heteroatoms. The van der Waals surface area contributed by atoms with Crippen LogP contribution in [0, 0.1) is 25.7 Å². The third-order valence-electron chi connectivity index (χ3n) is 5.78. The molecule has 4 aromatic rings. The smallest absolute Gasteiger partial charge is 0.412 e. The number of nitrogens with zero attached hydrogens (tertiary/aromatic N) is 3. The average molecular weight is 492 g/mol. The normalized spacial score (nSPS) is 15.0. The van der Waals surface area contributed by atoms with Gasteiger partial charge in [0.15, 0.2) is 16.9 Å². The Hall–Kier alpha value is -4.63. The number of carbonyl (C=O) groups excluding carboxylic acids is 1. The van der Waals surface area contributed by atoms with Crippen molar-refractivity contribution < 1.29 is 37.5 Å². The summed E-state index contributed by atoms with van der Waals surface area (Å²) >= 11 is 0. The van der Waals surface area contributed by atoms with Gasteiger partial charge in [-0.2, -0.15) is 9.97 Å². The van der Waals surface area contributed by atoms with Gasteiger partial charge in [0.2, 0.25) is 5.89 Å². The molecule has 0 spiro atoms. The number of aromatic nitrogens is 3. The highest BCUT2D eigenvalue weighted by atomic mass is 16.6. The number of hydrogen-bond acceptors (Lipinski definition) is 10. The Morgan fingerprint density at radius 1 is 1.14 bits per heavy atom. The number of oxazole rings is 2. The molecule has 5 rings (SSSR count). The number of ether oxygens (including phenoxy) is 2. The van der Waals surface area contributed by atoms with Crippen molar-refractivity contribution in [3.05, 3.63) is 58.6 Å². The molecular weight excluding hydrogens is 472 g/mol. The van der Waals surface area contributed by atoms with Gasteiger partial charge in [-0.25, -0.2) is 4.79 Å². The van der Waals surface area contributed by atoms with E-state index in [1.54, 1.807) is 13.8 Å². The fourth-order valence-electron chi connectivity index (χ4n) is 3.66. The fraction of sp³-hybridized carbons (Fsp3) is 0.292. The molecule has 1 fully saturated rings. The van der Waals surface area contributed by atoms with Crippen molar-refractivity contribution in [1.29, 1.82) is 0 Å². The van der Waals surface area contributed by atoms with E-state index >= 15 is 0 Å². The average Bonchev–Trinajstić information content (AvgIpc) is 3.45. The zero-order valence-electron chi connectivity index (χ0n) is 19.4. The molecule has 0 bridgehead atoms. The molecular formula is C24H20N4O8. The molecule has 1 unspecified atom stereocenters. The summed E-state index contributed by atoms with van der Waals surface area (Å²) in [5.74, 6) is 4.52. The Bertz CT molecular complexity index is 1500. The number of rotatable bonds is 5. The zero-order chi connectivity index (χ0) is 25.4. The molecule has 0 aliphatic carbocycles. The lowest BCUT2D eigenvalue weighted by molar-refractivity contribution is -0.165. The Labute approximate surface area is 203 Å².